The number of hydrogen-bond acceptors (Lipinski definition) is 2. The van der Waals surface area contributed by atoms with Crippen LogP contribution in [0.1, 0.15) is 32.4 Å². The van der Waals surface area contributed by atoms with E-state index in [4.69, 9.17) is 10.5 Å². The first-order valence-electron chi connectivity index (χ1n) is 6.10. The topological polar surface area (TPSA) is 40.2 Å². The Hall–Kier alpha value is -1.48. The summed E-state index contributed by atoms with van der Waals surface area (Å²) >= 11 is 0. The van der Waals surface area contributed by atoms with E-state index in [1.54, 1.807) is 0 Å². The minimum absolute atomic E-state index is 0.426. The molecule has 0 atom stereocenters. The molecular weight excluding hydrogens is 212 g/mol. The maximum Gasteiger partial charge on any atom is 0.0738 e. The molecule has 1 aromatic carbocycles. The van der Waals surface area contributed by atoms with Gasteiger partial charge in [-0.05, 0) is 32.9 Å². The molecule has 0 aliphatic carbocycles. The van der Waals surface area contributed by atoms with E-state index >= 15 is 0 Å². The highest BCUT2D eigenvalue weighted by Crippen LogP contribution is 2.29. The minimum Gasteiger partial charge on any atom is -0.398 e. The average Bonchev–Trinajstić information content (AvgIpc) is 2.67. The quantitative estimate of drug-likeness (QED) is 0.821. The van der Waals surface area contributed by atoms with Gasteiger partial charge in [0.1, 0.15) is 0 Å². The number of rotatable bonds is 4. The molecule has 0 radical (unpaired) electrons. The Morgan fingerprint density at radius 2 is 2.12 bits per heavy atom. The van der Waals surface area contributed by atoms with Gasteiger partial charge < -0.3 is 15.0 Å². The fourth-order valence-corrected chi connectivity index (χ4v) is 2.17. The lowest BCUT2D eigenvalue weighted by molar-refractivity contribution is 0.135. The van der Waals surface area contributed by atoms with Crippen molar-refractivity contribution in [1.82, 2.24) is 4.57 Å². The first-order chi connectivity index (χ1) is 8.15. The van der Waals surface area contributed by atoms with Crippen LogP contribution in [0.4, 0.5) is 5.69 Å². The molecule has 3 heteroatoms. The molecule has 3 nitrogen and oxygen atoms in total. The van der Waals surface area contributed by atoms with Crippen LogP contribution in [0.5, 0.6) is 0 Å². The molecule has 92 valence electrons. The largest absolute Gasteiger partial charge is 0.398 e. The lowest BCUT2D eigenvalue weighted by Crippen LogP contribution is -1.98. The number of nitrogens with zero attached hydrogens (tertiary/aromatic N) is 1. The van der Waals surface area contributed by atoms with E-state index in [-0.39, 0.29) is 0 Å². The number of anilines is 1. The van der Waals surface area contributed by atoms with Gasteiger partial charge in [-0.3, -0.25) is 0 Å². The van der Waals surface area contributed by atoms with Gasteiger partial charge in [0.2, 0.25) is 0 Å². The summed E-state index contributed by atoms with van der Waals surface area (Å²) in [5, 5.41) is 1.13. The molecule has 2 rings (SSSR count). The molecule has 0 aliphatic rings. The van der Waals surface area contributed by atoms with Crippen molar-refractivity contribution in [3.05, 3.63) is 30.0 Å². The molecular formula is C14H20N2O. The Morgan fingerprint density at radius 3 is 2.76 bits per heavy atom. The van der Waals surface area contributed by atoms with Crippen LogP contribution in [0, 0.1) is 0 Å². The van der Waals surface area contributed by atoms with Crippen LogP contribution in [0.3, 0.4) is 0 Å². The summed E-state index contributed by atoms with van der Waals surface area (Å²) in [7, 11) is 0. The van der Waals surface area contributed by atoms with Crippen molar-refractivity contribution in [3.63, 3.8) is 0 Å². The second-order valence-corrected chi connectivity index (χ2v) is 4.53. The summed E-state index contributed by atoms with van der Waals surface area (Å²) in [6.45, 7) is 7.70. The highest BCUT2D eigenvalue weighted by Gasteiger charge is 2.12. The van der Waals surface area contributed by atoms with Crippen molar-refractivity contribution in [3.8, 4) is 0 Å². The van der Waals surface area contributed by atoms with Crippen molar-refractivity contribution >= 4 is 16.6 Å². The Balaban J connectivity index is 2.59. The molecule has 2 aromatic rings. The number of fused-ring (bicyclic) bond motifs is 1. The zero-order chi connectivity index (χ0) is 12.4. The van der Waals surface area contributed by atoms with Gasteiger partial charge in [-0.25, -0.2) is 0 Å². The summed E-state index contributed by atoms with van der Waals surface area (Å²) in [4.78, 5) is 0. The van der Waals surface area contributed by atoms with Crippen molar-refractivity contribution < 1.29 is 4.74 Å². The normalized spacial score (nSPS) is 11.5. The van der Waals surface area contributed by atoms with Crippen LogP contribution >= 0.6 is 0 Å². The summed E-state index contributed by atoms with van der Waals surface area (Å²) < 4.78 is 7.76. The molecule has 0 unspecified atom stereocenters. The molecule has 0 spiro atoms. The van der Waals surface area contributed by atoms with E-state index in [1.165, 1.54) is 11.1 Å². The molecule has 1 aromatic heterocycles. The fourth-order valence-electron chi connectivity index (χ4n) is 2.17. The summed E-state index contributed by atoms with van der Waals surface area (Å²) in [5.74, 6) is 0. The van der Waals surface area contributed by atoms with E-state index < -0.39 is 0 Å². The third-order valence-electron chi connectivity index (χ3n) is 2.99. The number of nitrogens with two attached hydrogens (primary N) is 1. The summed E-state index contributed by atoms with van der Waals surface area (Å²) in [6, 6.07) is 6.49. The third kappa shape index (κ3) is 2.15. The van der Waals surface area contributed by atoms with Crippen LogP contribution < -0.4 is 5.73 Å². The molecule has 1 heterocycles. The summed E-state index contributed by atoms with van der Waals surface area (Å²) in [5.41, 5.74) is 9.27. The highest BCUT2D eigenvalue weighted by molar-refractivity contribution is 5.94. The minimum atomic E-state index is 0.426. The fraction of sp³-hybridized carbons (Fsp3) is 0.429. The van der Waals surface area contributed by atoms with Crippen LogP contribution in [0.15, 0.2) is 24.4 Å². The Bertz CT molecular complexity index is 514. The van der Waals surface area contributed by atoms with E-state index in [0.29, 0.717) is 12.6 Å². The van der Waals surface area contributed by atoms with Gasteiger partial charge in [0.25, 0.3) is 0 Å². The van der Waals surface area contributed by atoms with E-state index in [9.17, 15) is 0 Å². The number of aromatic nitrogens is 1. The monoisotopic (exact) mass is 232 g/mol. The third-order valence-corrected chi connectivity index (χ3v) is 2.99. The molecule has 0 bridgehead atoms. The SMILES string of the molecule is CCOCc1cn(C(C)C)c2cccc(N)c12. The van der Waals surface area contributed by atoms with Crippen molar-refractivity contribution in [1.29, 1.82) is 0 Å². The maximum atomic E-state index is 6.07. The van der Waals surface area contributed by atoms with Crippen LogP contribution in [0.2, 0.25) is 0 Å². The van der Waals surface area contributed by atoms with Crippen LogP contribution in [-0.4, -0.2) is 11.2 Å². The first kappa shape index (κ1) is 12.0. The second-order valence-electron chi connectivity index (χ2n) is 4.53. The number of nitrogen functional groups attached to an aromatic ring is 1. The number of hydrogen-bond donors (Lipinski definition) is 1. The van der Waals surface area contributed by atoms with Crippen molar-refractivity contribution in [2.75, 3.05) is 12.3 Å². The average molecular weight is 232 g/mol. The van der Waals surface area contributed by atoms with E-state index in [2.05, 4.69) is 30.7 Å². The van der Waals surface area contributed by atoms with Gasteiger partial charge in [-0.1, -0.05) is 6.07 Å². The zero-order valence-electron chi connectivity index (χ0n) is 10.7. The van der Waals surface area contributed by atoms with E-state index in [1.807, 2.05) is 19.1 Å². The Morgan fingerprint density at radius 1 is 1.35 bits per heavy atom. The van der Waals surface area contributed by atoms with Gasteiger partial charge in [0.05, 0.1) is 12.1 Å². The second kappa shape index (κ2) is 4.80. The van der Waals surface area contributed by atoms with Gasteiger partial charge in [0, 0.05) is 35.5 Å². The van der Waals surface area contributed by atoms with Crippen molar-refractivity contribution in [2.24, 2.45) is 0 Å². The Labute approximate surface area is 102 Å². The van der Waals surface area contributed by atoms with Crippen molar-refractivity contribution in [2.45, 2.75) is 33.4 Å². The number of ether oxygens (including phenoxy) is 1. The molecule has 0 amide bonds. The van der Waals surface area contributed by atoms with Gasteiger partial charge in [0.15, 0.2) is 0 Å². The molecule has 0 fully saturated rings. The standard InChI is InChI=1S/C14H20N2O/c1-4-17-9-11-8-16(10(2)3)13-7-5-6-12(15)14(11)13/h5-8,10H,4,9,15H2,1-3H3. The van der Waals surface area contributed by atoms with Crippen LogP contribution in [0.25, 0.3) is 10.9 Å². The molecule has 0 saturated heterocycles. The van der Waals surface area contributed by atoms with Gasteiger partial charge in [-0.2, -0.15) is 0 Å². The molecule has 0 saturated carbocycles. The summed E-state index contributed by atoms with van der Waals surface area (Å²) in [6.07, 6.45) is 2.15. The molecule has 2 N–H and O–H groups in total. The van der Waals surface area contributed by atoms with E-state index in [0.717, 1.165) is 17.7 Å². The predicted molar refractivity (Wildman–Crippen MR) is 72.1 cm³/mol. The lowest BCUT2D eigenvalue weighted by atomic mass is 10.1. The maximum absolute atomic E-state index is 6.07. The van der Waals surface area contributed by atoms with Crippen LogP contribution in [-0.2, 0) is 11.3 Å². The zero-order valence-corrected chi connectivity index (χ0v) is 10.7. The smallest absolute Gasteiger partial charge is 0.0738 e. The Kier molecular flexibility index (Phi) is 3.38. The van der Waals surface area contributed by atoms with Gasteiger partial charge in [-0.15, -0.1) is 0 Å². The number of benzene rings is 1. The van der Waals surface area contributed by atoms with Gasteiger partial charge >= 0.3 is 0 Å². The predicted octanol–water partition coefficient (Wildman–Crippen LogP) is 3.34. The highest BCUT2D eigenvalue weighted by atomic mass is 16.5. The lowest BCUT2D eigenvalue weighted by Gasteiger charge is -2.08. The first-order valence-corrected chi connectivity index (χ1v) is 6.10. The molecule has 0 aliphatic heterocycles. The molecule has 17 heavy (non-hydrogen) atoms.